The highest BCUT2D eigenvalue weighted by atomic mass is 32.2. The first kappa shape index (κ1) is 14.6. The van der Waals surface area contributed by atoms with E-state index in [0.717, 1.165) is 11.0 Å². The largest absolute Gasteiger partial charge is 0.351 e. The number of nitrogens with one attached hydrogen (secondary N) is 1. The maximum absolute atomic E-state index is 11.9. The van der Waals surface area contributed by atoms with Gasteiger partial charge in [-0.3, -0.25) is 9.59 Å². The molecule has 0 atom stereocenters. The third kappa shape index (κ3) is 4.35. The van der Waals surface area contributed by atoms with Crippen LogP contribution in [0.5, 0.6) is 0 Å². The molecule has 1 aromatic rings. The molecule has 1 heterocycles. The summed E-state index contributed by atoms with van der Waals surface area (Å²) < 4.78 is 0. The van der Waals surface area contributed by atoms with E-state index in [0.29, 0.717) is 16.3 Å². The Labute approximate surface area is 122 Å². The van der Waals surface area contributed by atoms with Gasteiger partial charge in [-0.1, -0.05) is 12.8 Å². The van der Waals surface area contributed by atoms with Crippen LogP contribution < -0.4 is 5.32 Å². The zero-order valence-corrected chi connectivity index (χ0v) is 12.7. The molecule has 0 aliphatic heterocycles. The predicted molar refractivity (Wildman–Crippen MR) is 81.4 cm³/mol. The fourth-order valence-corrected chi connectivity index (χ4v) is 4.22. The molecule has 2 rings (SSSR count). The third-order valence-electron chi connectivity index (χ3n) is 3.22. The average Bonchev–Trinajstić information content (AvgIpc) is 3.05. The molecule has 1 N–H and O–H groups in total. The summed E-state index contributed by atoms with van der Waals surface area (Å²) >= 11 is 3.23. The fourth-order valence-electron chi connectivity index (χ4n) is 2.18. The Balaban J connectivity index is 1.69. The number of Topliss-reactive ketones (excluding diaryl/α,β-unsaturated/α-hetero) is 1. The van der Waals surface area contributed by atoms with Crippen molar-refractivity contribution >= 4 is 34.8 Å². The van der Waals surface area contributed by atoms with Gasteiger partial charge in [-0.25, -0.2) is 0 Å². The minimum absolute atomic E-state index is 0.0147. The standard InChI is InChI=1S/C14H19NO2S2/c1-10(16)12-6-7-13(19-12)14(17)15-8-9-18-11-4-2-3-5-11/h6-7,11H,2-5,8-9H2,1H3,(H,15,17). The Morgan fingerprint density at radius 1 is 1.32 bits per heavy atom. The molecule has 1 aliphatic carbocycles. The number of ketones is 1. The van der Waals surface area contributed by atoms with E-state index in [1.165, 1.54) is 43.9 Å². The molecule has 0 aromatic carbocycles. The normalized spacial score (nSPS) is 15.6. The van der Waals surface area contributed by atoms with Crippen LogP contribution in [0.25, 0.3) is 0 Å². The Kier molecular flexibility index (Phi) is 5.45. The van der Waals surface area contributed by atoms with E-state index in [9.17, 15) is 9.59 Å². The van der Waals surface area contributed by atoms with Gasteiger partial charge in [0, 0.05) is 17.5 Å². The molecule has 19 heavy (non-hydrogen) atoms. The Morgan fingerprint density at radius 2 is 2.00 bits per heavy atom. The highest BCUT2D eigenvalue weighted by molar-refractivity contribution is 7.99. The molecule has 0 spiro atoms. The van der Waals surface area contributed by atoms with Crippen LogP contribution in [0.3, 0.4) is 0 Å². The topological polar surface area (TPSA) is 46.2 Å². The van der Waals surface area contributed by atoms with Crippen LogP contribution >= 0.6 is 23.1 Å². The molecule has 1 amide bonds. The smallest absolute Gasteiger partial charge is 0.261 e. The van der Waals surface area contributed by atoms with Crippen molar-refractivity contribution in [1.29, 1.82) is 0 Å². The van der Waals surface area contributed by atoms with Crippen LogP contribution in [-0.2, 0) is 0 Å². The summed E-state index contributed by atoms with van der Waals surface area (Å²) in [7, 11) is 0. The second-order valence-corrected chi connectivity index (χ2v) is 7.25. The van der Waals surface area contributed by atoms with Gasteiger partial charge in [-0.15, -0.1) is 11.3 Å². The van der Waals surface area contributed by atoms with E-state index in [1.807, 2.05) is 11.8 Å². The van der Waals surface area contributed by atoms with Gasteiger partial charge in [0.25, 0.3) is 5.91 Å². The number of hydrogen-bond donors (Lipinski definition) is 1. The van der Waals surface area contributed by atoms with Crippen LogP contribution in [0, 0.1) is 0 Å². The van der Waals surface area contributed by atoms with E-state index in [4.69, 9.17) is 0 Å². The Morgan fingerprint density at radius 3 is 2.63 bits per heavy atom. The van der Waals surface area contributed by atoms with Gasteiger partial charge < -0.3 is 5.32 Å². The fraction of sp³-hybridized carbons (Fsp3) is 0.571. The SMILES string of the molecule is CC(=O)c1ccc(C(=O)NCCSC2CCCC2)s1. The summed E-state index contributed by atoms with van der Waals surface area (Å²) in [5.41, 5.74) is 0. The first-order chi connectivity index (χ1) is 9.16. The summed E-state index contributed by atoms with van der Waals surface area (Å²) in [4.78, 5) is 24.3. The van der Waals surface area contributed by atoms with Crippen molar-refractivity contribution in [3.8, 4) is 0 Å². The summed E-state index contributed by atoms with van der Waals surface area (Å²) in [5, 5.41) is 3.71. The van der Waals surface area contributed by atoms with Crippen LogP contribution in [0.2, 0.25) is 0 Å². The second kappa shape index (κ2) is 7.10. The third-order valence-corrected chi connectivity index (χ3v) is 5.79. The lowest BCUT2D eigenvalue weighted by molar-refractivity contribution is 0.0959. The van der Waals surface area contributed by atoms with Gasteiger partial charge in [0.15, 0.2) is 5.78 Å². The number of rotatable bonds is 6. The molecule has 0 radical (unpaired) electrons. The maximum Gasteiger partial charge on any atom is 0.261 e. The second-order valence-electron chi connectivity index (χ2n) is 4.75. The van der Waals surface area contributed by atoms with Crippen LogP contribution in [-0.4, -0.2) is 29.2 Å². The van der Waals surface area contributed by atoms with Crippen LogP contribution in [0.4, 0.5) is 0 Å². The average molecular weight is 297 g/mol. The van der Waals surface area contributed by atoms with Gasteiger partial charge >= 0.3 is 0 Å². The van der Waals surface area contributed by atoms with Crippen molar-refractivity contribution in [3.63, 3.8) is 0 Å². The van der Waals surface area contributed by atoms with Crippen molar-refractivity contribution in [1.82, 2.24) is 5.32 Å². The first-order valence-corrected chi connectivity index (χ1v) is 8.54. The van der Waals surface area contributed by atoms with Gasteiger partial charge in [0.2, 0.25) is 0 Å². The van der Waals surface area contributed by atoms with Crippen molar-refractivity contribution < 1.29 is 9.59 Å². The summed E-state index contributed by atoms with van der Waals surface area (Å²) in [6.07, 6.45) is 5.36. The monoisotopic (exact) mass is 297 g/mol. The van der Waals surface area contributed by atoms with Gasteiger partial charge in [0.05, 0.1) is 9.75 Å². The molecule has 0 saturated heterocycles. The lowest BCUT2D eigenvalue weighted by Crippen LogP contribution is -2.25. The number of thiophene rings is 1. The lowest BCUT2D eigenvalue weighted by Gasteiger charge is -2.08. The summed E-state index contributed by atoms with van der Waals surface area (Å²) in [5.74, 6) is 0.923. The number of carbonyl (C=O) groups excluding carboxylic acids is 2. The Bertz CT molecular complexity index is 450. The first-order valence-electron chi connectivity index (χ1n) is 6.67. The number of amides is 1. The molecule has 1 aliphatic rings. The molecule has 5 heteroatoms. The van der Waals surface area contributed by atoms with Gasteiger partial charge in [0.1, 0.15) is 0 Å². The van der Waals surface area contributed by atoms with Crippen LogP contribution in [0.1, 0.15) is 52.0 Å². The maximum atomic E-state index is 11.9. The van der Waals surface area contributed by atoms with Crippen molar-refractivity contribution in [3.05, 3.63) is 21.9 Å². The molecule has 0 bridgehead atoms. The van der Waals surface area contributed by atoms with Crippen molar-refractivity contribution in [2.24, 2.45) is 0 Å². The van der Waals surface area contributed by atoms with Gasteiger partial charge in [-0.05, 0) is 31.9 Å². The molecule has 0 unspecified atom stereocenters. The van der Waals surface area contributed by atoms with E-state index in [2.05, 4.69) is 5.32 Å². The molecule has 104 valence electrons. The highest BCUT2D eigenvalue weighted by Crippen LogP contribution is 2.28. The number of hydrogen-bond acceptors (Lipinski definition) is 4. The summed E-state index contributed by atoms with van der Waals surface area (Å²) in [6, 6.07) is 3.44. The summed E-state index contributed by atoms with van der Waals surface area (Å²) in [6.45, 7) is 2.22. The zero-order valence-electron chi connectivity index (χ0n) is 11.1. The van der Waals surface area contributed by atoms with Gasteiger partial charge in [-0.2, -0.15) is 11.8 Å². The molecule has 1 aromatic heterocycles. The predicted octanol–water partition coefficient (Wildman–Crippen LogP) is 3.36. The quantitative estimate of drug-likeness (QED) is 0.647. The highest BCUT2D eigenvalue weighted by Gasteiger charge is 2.15. The van der Waals surface area contributed by atoms with Crippen molar-refractivity contribution in [2.75, 3.05) is 12.3 Å². The Hall–Kier alpha value is -0.810. The van der Waals surface area contributed by atoms with Crippen molar-refractivity contribution in [2.45, 2.75) is 37.9 Å². The molecular weight excluding hydrogens is 278 g/mol. The molecule has 3 nitrogen and oxygen atoms in total. The van der Waals surface area contributed by atoms with E-state index in [1.54, 1.807) is 12.1 Å². The lowest BCUT2D eigenvalue weighted by atomic mass is 10.3. The number of carbonyl (C=O) groups is 2. The van der Waals surface area contributed by atoms with Crippen LogP contribution in [0.15, 0.2) is 12.1 Å². The zero-order chi connectivity index (χ0) is 13.7. The van der Waals surface area contributed by atoms with E-state index >= 15 is 0 Å². The number of thioether (sulfide) groups is 1. The molecular formula is C14H19NO2S2. The van der Waals surface area contributed by atoms with E-state index < -0.39 is 0 Å². The minimum Gasteiger partial charge on any atom is -0.351 e. The van der Waals surface area contributed by atoms with E-state index in [-0.39, 0.29) is 11.7 Å². The molecule has 1 saturated carbocycles. The molecule has 1 fully saturated rings. The minimum atomic E-state index is -0.0653.